The second kappa shape index (κ2) is 4.52. The summed E-state index contributed by atoms with van der Waals surface area (Å²) in [4.78, 5) is 19.0. The van der Waals surface area contributed by atoms with E-state index in [1.807, 2.05) is 0 Å². The fourth-order valence-corrected chi connectivity index (χ4v) is 0.792. The van der Waals surface area contributed by atoms with Gasteiger partial charge in [-0.25, -0.2) is 15.0 Å². The quantitative estimate of drug-likeness (QED) is 0.672. The summed E-state index contributed by atoms with van der Waals surface area (Å²) < 4.78 is 4.86. The van der Waals surface area contributed by atoms with E-state index in [1.165, 1.54) is 24.5 Å². The molecule has 0 radical (unpaired) electrons. The molecule has 0 aliphatic carbocycles. The highest BCUT2D eigenvalue weighted by Gasteiger charge is 2.08. The summed E-state index contributed by atoms with van der Waals surface area (Å²) >= 11 is 0. The molecule has 0 saturated carbocycles. The van der Waals surface area contributed by atoms with Crippen LogP contribution in [0.2, 0.25) is 0 Å². The number of hydrazine groups is 1. The summed E-state index contributed by atoms with van der Waals surface area (Å²) in [6.45, 7) is 0. The third-order valence-electron chi connectivity index (χ3n) is 1.39. The maximum atomic E-state index is 11.3. The zero-order valence-corrected chi connectivity index (χ0v) is 8.31. The number of aromatic nitrogens is 2. The second-order valence-corrected chi connectivity index (χ2v) is 2.78. The van der Waals surface area contributed by atoms with Gasteiger partial charge in [0, 0.05) is 14.1 Å². The average molecular weight is 196 g/mol. The van der Waals surface area contributed by atoms with E-state index in [9.17, 15) is 4.79 Å². The van der Waals surface area contributed by atoms with Gasteiger partial charge >= 0.3 is 5.91 Å². The summed E-state index contributed by atoms with van der Waals surface area (Å²) in [5.74, 6) is 0.281. The first-order valence-electron chi connectivity index (χ1n) is 3.98. The Hall–Kier alpha value is -1.69. The van der Waals surface area contributed by atoms with E-state index < -0.39 is 0 Å². The lowest BCUT2D eigenvalue weighted by molar-refractivity contribution is 0.0845. The lowest BCUT2D eigenvalue weighted by Gasteiger charge is -2.10. The molecule has 6 nitrogen and oxygen atoms in total. The molecule has 1 aromatic heterocycles. The summed E-state index contributed by atoms with van der Waals surface area (Å²) in [7, 11) is 4.93. The van der Waals surface area contributed by atoms with Crippen LogP contribution < -0.4 is 10.2 Å². The van der Waals surface area contributed by atoms with Gasteiger partial charge in [-0.3, -0.25) is 10.2 Å². The lowest BCUT2D eigenvalue weighted by atomic mass is 10.5. The van der Waals surface area contributed by atoms with Crippen molar-refractivity contribution in [1.82, 2.24) is 20.4 Å². The molecule has 0 spiro atoms. The average Bonchev–Trinajstić information content (AvgIpc) is 2.17. The monoisotopic (exact) mass is 196 g/mol. The van der Waals surface area contributed by atoms with Gasteiger partial charge in [-0.05, 0) is 0 Å². The number of nitrogens with zero attached hydrogens (tertiary/aromatic N) is 3. The number of rotatable bonds is 3. The number of amides is 1. The van der Waals surface area contributed by atoms with Crippen LogP contribution in [0.25, 0.3) is 0 Å². The van der Waals surface area contributed by atoms with Crippen LogP contribution in [0, 0.1) is 0 Å². The van der Waals surface area contributed by atoms with Crippen LogP contribution in [0.1, 0.15) is 10.6 Å². The molecule has 0 aliphatic rings. The molecule has 1 amide bonds. The predicted molar refractivity (Wildman–Crippen MR) is 49.7 cm³/mol. The van der Waals surface area contributed by atoms with Gasteiger partial charge in [-0.15, -0.1) is 0 Å². The molecule has 0 aromatic carbocycles. The van der Waals surface area contributed by atoms with Gasteiger partial charge < -0.3 is 4.74 Å². The minimum absolute atomic E-state index is 0.111. The molecule has 1 aromatic rings. The third kappa shape index (κ3) is 2.67. The number of ether oxygens (including phenoxy) is 1. The fraction of sp³-hybridized carbons (Fsp3) is 0.375. The van der Waals surface area contributed by atoms with Crippen LogP contribution in [-0.4, -0.2) is 42.1 Å². The Labute approximate surface area is 81.9 Å². The lowest BCUT2D eigenvalue weighted by Crippen LogP contribution is -2.37. The first-order chi connectivity index (χ1) is 6.63. The van der Waals surface area contributed by atoms with Gasteiger partial charge in [0.05, 0.1) is 19.5 Å². The molecule has 1 rings (SSSR count). The zero-order valence-electron chi connectivity index (χ0n) is 8.31. The third-order valence-corrected chi connectivity index (χ3v) is 1.39. The van der Waals surface area contributed by atoms with Crippen molar-refractivity contribution in [2.24, 2.45) is 0 Å². The van der Waals surface area contributed by atoms with Crippen LogP contribution in [0.3, 0.4) is 0 Å². The van der Waals surface area contributed by atoms with E-state index in [-0.39, 0.29) is 11.7 Å². The number of methoxy groups -OCH3 is 1. The van der Waals surface area contributed by atoms with Gasteiger partial charge in [0.25, 0.3) is 0 Å². The van der Waals surface area contributed by atoms with Crippen LogP contribution in [-0.2, 0) is 0 Å². The molecule has 1 heterocycles. The highest BCUT2D eigenvalue weighted by atomic mass is 16.5. The highest BCUT2D eigenvalue weighted by molar-refractivity contribution is 5.89. The maximum absolute atomic E-state index is 11.3. The van der Waals surface area contributed by atoms with Gasteiger partial charge in [0.1, 0.15) is 0 Å². The smallest absolute Gasteiger partial charge is 0.303 e. The van der Waals surface area contributed by atoms with E-state index in [1.54, 1.807) is 14.1 Å². The van der Waals surface area contributed by atoms with E-state index in [0.717, 1.165) is 0 Å². The largest absolute Gasteiger partial charge is 0.494 e. The Bertz CT molecular complexity index is 310. The molecular formula is C8H12N4O2. The Morgan fingerprint density at radius 3 is 2.43 bits per heavy atom. The summed E-state index contributed by atoms with van der Waals surface area (Å²) in [5, 5.41) is 1.52. The van der Waals surface area contributed by atoms with Gasteiger partial charge in [-0.2, -0.15) is 0 Å². The van der Waals surface area contributed by atoms with Crippen LogP contribution in [0.5, 0.6) is 5.75 Å². The van der Waals surface area contributed by atoms with E-state index in [2.05, 4.69) is 15.4 Å². The first-order valence-corrected chi connectivity index (χ1v) is 3.98. The van der Waals surface area contributed by atoms with E-state index in [4.69, 9.17) is 4.74 Å². The summed E-state index contributed by atoms with van der Waals surface area (Å²) in [6, 6.07) is 0. The molecule has 0 fully saturated rings. The molecule has 6 heteroatoms. The van der Waals surface area contributed by atoms with Crippen molar-refractivity contribution < 1.29 is 9.53 Å². The Morgan fingerprint density at radius 2 is 2.00 bits per heavy atom. The van der Waals surface area contributed by atoms with E-state index in [0.29, 0.717) is 5.75 Å². The van der Waals surface area contributed by atoms with Crippen LogP contribution >= 0.6 is 0 Å². The van der Waals surface area contributed by atoms with Crippen molar-refractivity contribution >= 4 is 5.91 Å². The van der Waals surface area contributed by atoms with Crippen LogP contribution in [0.4, 0.5) is 0 Å². The highest BCUT2D eigenvalue weighted by Crippen LogP contribution is 2.04. The molecule has 0 bridgehead atoms. The van der Waals surface area contributed by atoms with Crippen molar-refractivity contribution in [2.75, 3.05) is 21.2 Å². The number of nitrogens with one attached hydrogen (secondary N) is 1. The van der Waals surface area contributed by atoms with Crippen molar-refractivity contribution in [3.05, 3.63) is 18.2 Å². The molecule has 0 atom stereocenters. The number of carbonyl (C=O) groups is 1. The fourth-order valence-electron chi connectivity index (χ4n) is 0.792. The zero-order chi connectivity index (χ0) is 10.6. The Balaban J connectivity index is 2.71. The predicted octanol–water partition coefficient (Wildman–Crippen LogP) is -0.308. The molecule has 0 unspecified atom stereocenters. The van der Waals surface area contributed by atoms with Gasteiger partial charge in [-0.1, -0.05) is 0 Å². The van der Waals surface area contributed by atoms with Gasteiger partial charge in [0.2, 0.25) is 5.82 Å². The van der Waals surface area contributed by atoms with Gasteiger partial charge in [0.15, 0.2) is 5.75 Å². The van der Waals surface area contributed by atoms with Crippen molar-refractivity contribution in [2.45, 2.75) is 0 Å². The Morgan fingerprint density at radius 1 is 1.43 bits per heavy atom. The number of carbonyl (C=O) groups excluding carboxylic acids is 1. The molecular weight excluding hydrogens is 184 g/mol. The standard InChI is InChI=1S/C8H12N4O2/c1-12(2)11-8(13)7-9-4-6(14-3)5-10-7/h4-5H,1-3H3,(H,11,13). The summed E-state index contributed by atoms with van der Waals surface area (Å²) in [5.41, 5.74) is 2.53. The minimum atomic E-state index is -0.349. The van der Waals surface area contributed by atoms with Crippen LogP contribution in [0.15, 0.2) is 12.4 Å². The summed E-state index contributed by atoms with van der Waals surface area (Å²) in [6.07, 6.45) is 2.88. The maximum Gasteiger partial charge on any atom is 0.303 e. The topological polar surface area (TPSA) is 67.3 Å². The van der Waals surface area contributed by atoms with E-state index >= 15 is 0 Å². The number of hydrogen-bond acceptors (Lipinski definition) is 5. The van der Waals surface area contributed by atoms with Crippen molar-refractivity contribution in [3.63, 3.8) is 0 Å². The first kappa shape index (κ1) is 10.4. The Kier molecular flexibility index (Phi) is 3.35. The van der Waals surface area contributed by atoms with Crippen molar-refractivity contribution in [3.8, 4) is 5.75 Å². The SMILES string of the molecule is COc1cnc(C(=O)NN(C)C)nc1. The molecule has 76 valence electrons. The number of hydrogen-bond donors (Lipinski definition) is 1. The normalized spacial score (nSPS) is 10.0. The molecule has 14 heavy (non-hydrogen) atoms. The molecule has 0 aliphatic heterocycles. The minimum Gasteiger partial charge on any atom is -0.494 e. The second-order valence-electron chi connectivity index (χ2n) is 2.78. The van der Waals surface area contributed by atoms with Crippen molar-refractivity contribution in [1.29, 1.82) is 0 Å². The molecule has 0 saturated heterocycles. The molecule has 1 N–H and O–H groups in total.